The van der Waals surface area contributed by atoms with E-state index in [1.165, 1.54) is 6.08 Å². The van der Waals surface area contributed by atoms with Gasteiger partial charge in [0.1, 0.15) is 23.6 Å². The molecule has 0 saturated carbocycles. The number of rotatable bonds is 9. The minimum absolute atomic E-state index is 0.146. The van der Waals surface area contributed by atoms with E-state index >= 15 is 0 Å². The summed E-state index contributed by atoms with van der Waals surface area (Å²) >= 11 is 0. The van der Waals surface area contributed by atoms with Gasteiger partial charge in [-0.05, 0) is 39.3 Å². The van der Waals surface area contributed by atoms with Crippen LogP contribution in [0.1, 0.15) is 39.0 Å². The average molecular weight is 421 g/mol. The third kappa shape index (κ3) is 6.67. The monoisotopic (exact) mass is 420 g/mol. The maximum Gasteiger partial charge on any atom is 0.338 e. The summed E-state index contributed by atoms with van der Waals surface area (Å²) in [6.45, 7) is 12.8. The first-order valence-electron chi connectivity index (χ1n) is 9.89. The Hall–Kier alpha value is -2.19. The van der Waals surface area contributed by atoms with Crippen LogP contribution in [0.3, 0.4) is 0 Å². The Morgan fingerprint density at radius 3 is 2.50 bits per heavy atom. The van der Waals surface area contributed by atoms with Crippen LogP contribution in [0.4, 0.5) is 0 Å². The lowest BCUT2D eigenvalue weighted by molar-refractivity contribution is -0.266. The fraction of sp³-hybridized carbons (Fsp3) is 0.522. The highest BCUT2D eigenvalue weighted by molar-refractivity contribution is 5.76. The van der Waals surface area contributed by atoms with Crippen molar-refractivity contribution in [2.45, 2.75) is 63.5 Å². The number of benzene rings is 1. The molecule has 0 spiro atoms. The van der Waals surface area contributed by atoms with Crippen LogP contribution in [0, 0.1) is 0 Å². The number of ether oxygens (including phenoxy) is 5. The Morgan fingerprint density at radius 1 is 1.30 bits per heavy atom. The smallest absolute Gasteiger partial charge is 0.338 e. The molecule has 1 fully saturated rings. The summed E-state index contributed by atoms with van der Waals surface area (Å²) in [5.74, 6) is 0.0735. The van der Waals surface area contributed by atoms with Crippen molar-refractivity contribution in [3.8, 4) is 5.75 Å². The SMILES string of the molecule is C=CCC(O)C(O[C@@H]1CO[C@@H](c2ccc(OC)cc2)O[C@H]1C=C)C(=O)OC(C)(C)C. The number of aliphatic hydroxyl groups is 1. The van der Waals surface area contributed by atoms with Crippen LogP contribution < -0.4 is 4.74 Å². The average Bonchev–Trinajstić information content (AvgIpc) is 2.70. The van der Waals surface area contributed by atoms with Crippen LogP contribution in [0.5, 0.6) is 5.75 Å². The number of hydrogen-bond acceptors (Lipinski definition) is 7. The van der Waals surface area contributed by atoms with E-state index in [-0.39, 0.29) is 13.0 Å². The molecule has 2 rings (SSSR count). The first kappa shape index (κ1) is 24.1. The van der Waals surface area contributed by atoms with Gasteiger partial charge in [-0.1, -0.05) is 24.3 Å². The molecule has 1 aromatic carbocycles. The summed E-state index contributed by atoms with van der Waals surface area (Å²) in [5, 5.41) is 10.4. The van der Waals surface area contributed by atoms with Gasteiger partial charge in [0, 0.05) is 5.56 Å². The number of aliphatic hydroxyl groups excluding tert-OH is 1. The third-order valence-corrected chi connectivity index (χ3v) is 4.40. The Morgan fingerprint density at radius 2 is 1.97 bits per heavy atom. The minimum Gasteiger partial charge on any atom is -0.497 e. The van der Waals surface area contributed by atoms with Crippen molar-refractivity contribution in [1.29, 1.82) is 0 Å². The zero-order valence-corrected chi connectivity index (χ0v) is 18.1. The van der Waals surface area contributed by atoms with Gasteiger partial charge < -0.3 is 28.8 Å². The first-order chi connectivity index (χ1) is 14.2. The molecule has 5 atom stereocenters. The molecule has 7 nitrogen and oxygen atoms in total. The summed E-state index contributed by atoms with van der Waals surface area (Å²) in [7, 11) is 1.60. The molecule has 0 aliphatic carbocycles. The van der Waals surface area contributed by atoms with Crippen LogP contribution in [0.2, 0.25) is 0 Å². The van der Waals surface area contributed by atoms with Crippen LogP contribution in [-0.2, 0) is 23.7 Å². The fourth-order valence-electron chi connectivity index (χ4n) is 2.95. The predicted molar refractivity (Wildman–Crippen MR) is 112 cm³/mol. The molecule has 1 aliphatic heterocycles. The standard InChI is InChI=1S/C23H32O7/c1-7-9-17(24)20(21(25)30-23(3,4)5)28-19-14-27-22(29-18(19)8-2)15-10-12-16(26-6)13-11-15/h7-8,10-13,17-20,22,24H,1-2,9,14H2,3-6H3/t17?,18-,19+,20?,22+/m0/s1. The molecule has 166 valence electrons. The molecular weight excluding hydrogens is 388 g/mol. The van der Waals surface area contributed by atoms with Crippen molar-refractivity contribution in [1.82, 2.24) is 0 Å². The van der Waals surface area contributed by atoms with Gasteiger partial charge in [0.15, 0.2) is 12.4 Å². The summed E-state index contributed by atoms with van der Waals surface area (Å²) in [5.41, 5.74) is 0.0974. The third-order valence-electron chi connectivity index (χ3n) is 4.40. The highest BCUT2D eigenvalue weighted by atomic mass is 16.7. The Bertz CT molecular complexity index is 707. The molecule has 0 bridgehead atoms. The number of carbonyl (C=O) groups is 1. The summed E-state index contributed by atoms with van der Waals surface area (Å²) < 4.78 is 28.3. The van der Waals surface area contributed by atoms with Gasteiger partial charge in [-0.3, -0.25) is 0 Å². The van der Waals surface area contributed by atoms with E-state index < -0.39 is 42.3 Å². The van der Waals surface area contributed by atoms with E-state index in [1.54, 1.807) is 34.0 Å². The van der Waals surface area contributed by atoms with Crippen molar-refractivity contribution in [3.05, 3.63) is 55.1 Å². The van der Waals surface area contributed by atoms with Crippen molar-refractivity contribution >= 4 is 5.97 Å². The summed E-state index contributed by atoms with van der Waals surface area (Å²) in [6.07, 6.45) is -0.843. The second-order valence-electron chi connectivity index (χ2n) is 8.00. The maximum atomic E-state index is 12.6. The first-order valence-corrected chi connectivity index (χ1v) is 9.89. The number of hydrogen-bond donors (Lipinski definition) is 1. The molecule has 2 unspecified atom stereocenters. The molecule has 0 aromatic heterocycles. The number of esters is 1. The Labute approximate surface area is 178 Å². The topological polar surface area (TPSA) is 83.5 Å². The van der Waals surface area contributed by atoms with Crippen LogP contribution in [0.15, 0.2) is 49.6 Å². The molecule has 30 heavy (non-hydrogen) atoms. The Balaban J connectivity index is 2.11. The molecule has 1 heterocycles. The lowest BCUT2D eigenvalue weighted by Crippen LogP contribution is -2.49. The van der Waals surface area contributed by atoms with Gasteiger partial charge in [-0.25, -0.2) is 4.79 Å². The quantitative estimate of drug-likeness (QED) is 0.485. The molecule has 0 radical (unpaired) electrons. The van der Waals surface area contributed by atoms with E-state index in [2.05, 4.69) is 13.2 Å². The Kier molecular flexibility index (Phi) is 8.61. The second-order valence-corrected chi connectivity index (χ2v) is 8.00. The van der Waals surface area contributed by atoms with Gasteiger partial charge >= 0.3 is 5.97 Å². The van der Waals surface area contributed by atoms with Gasteiger partial charge in [0.2, 0.25) is 0 Å². The number of methoxy groups -OCH3 is 1. The van der Waals surface area contributed by atoms with E-state index in [1.807, 2.05) is 24.3 Å². The van der Waals surface area contributed by atoms with Crippen LogP contribution in [-0.4, -0.2) is 54.8 Å². The van der Waals surface area contributed by atoms with Crippen molar-refractivity contribution < 1.29 is 33.6 Å². The highest BCUT2D eigenvalue weighted by Crippen LogP contribution is 2.30. The van der Waals surface area contributed by atoms with Gasteiger partial charge in [0.25, 0.3) is 0 Å². The van der Waals surface area contributed by atoms with Crippen molar-refractivity contribution in [3.63, 3.8) is 0 Å². The van der Waals surface area contributed by atoms with Crippen LogP contribution in [0.25, 0.3) is 0 Å². The molecule has 1 N–H and O–H groups in total. The molecule has 1 aromatic rings. The summed E-state index contributed by atoms with van der Waals surface area (Å²) in [4.78, 5) is 12.6. The van der Waals surface area contributed by atoms with Crippen molar-refractivity contribution in [2.24, 2.45) is 0 Å². The normalized spacial score (nSPS) is 23.8. The minimum atomic E-state index is -1.21. The van der Waals surface area contributed by atoms with E-state index in [9.17, 15) is 9.90 Å². The molecule has 0 amide bonds. The predicted octanol–water partition coefficient (Wildman–Crippen LogP) is 3.33. The zero-order chi connectivity index (χ0) is 22.3. The molecule has 1 aliphatic rings. The fourth-order valence-corrected chi connectivity index (χ4v) is 2.95. The van der Waals surface area contributed by atoms with E-state index in [0.29, 0.717) is 0 Å². The number of carbonyl (C=O) groups excluding carboxylic acids is 1. The van der Waals surface area contributed by atoms with Crippen LogP contribution >= 0.6 is 0 Å². The van der Waals surface area contributed by atoms with E-state index in [4.69, 9.17) is 23.7 Å². The largest absolute Gasteiger partial charge is 0.497 e. The van der Waals surface area contributed by atoms with Gasteiger partial charge in [-0.15, -0.1) is 13.2 Å². The molecule has 7 heteroatoms. The maximum absolute atomic E-state index is 12.6. The lowest BCUT2D eigenvalue weighted by Gasteiger charge is -2.37. The zero-order valence-electron chi connectivity index (χ0n) is 18.1. The second kappa shape index (κ2) is 10.7. The van der Waals surface area contributed by atoms with Crippen molar-refractivity contribution in [2.75, 3.05) is 13.7 Å². The highest BCUT2D eigenvalue weighted by Gasteiger charge is 2.39. The lowest BCUT2D eigenvalue weighted by atomic mass is 10.1. The van der Waals surface area contributed by atoms with Gasteiger partial charge in [0.05, 0.1) is 19.8 Å². The molecule has 1 saturated heterocycles. The van der Waals surface area contributed by atoms with E-state index in [0.717, 1.165) is 11.3 Å². The van der Waals surface area contributed by atoms with Gasteiger partial charge in [-0.2, -0.15) is 0 Å². The molecular formula is C23H32O7. The summed E-state index contributed by atoms with van der Waals surface area (Å²) in [6, 6.07) is 7.33.